The first-order valence-corrected chi connectivity index (χ1v) is 9.83. The lowest BCUT2D eigenvalue weighted by molar-refractivity contribution is -0.121. The molecule has 7 nitrogen and oxygen atoms in total. The summed E-state index contributed by atoms with van der Waals surface area (Å²) in [5, 5.41) is 6.83. The number of rotatable bonds is 7. The molecule has 1 N–H and O–H groups in total. The topological polar surface area (TPSA) is 78.7 Å². The Balaban J connectivity index is 1.29. The molecular formula is C19H30N4O3. The van der Waals surface area contributed by atoms with Crippen molar-refractivity contribution in [2.75, 3.05) is 39.3 Å². The summed E-state index contributed by atoms with van der Waals surface area (Å²) >= 11 is 0. The van der Waals surface area contributed by atoms with E-state index in [9.17, 15) is 9.59 Å². The van der Waals surface area contributed by atoms with Gasteiger partial charge in [-0.3, -0.25) is 14.5 Å². The van der Waals surface area contributed by atoms with Crippen molar-refractivity contribution < 1.29 is 14.1 Å². The highest BCUT2D eigenvalue weighted by Crippen LogP contribution is 2.28. The lowest BCUT2D eigenvalue weighted by Crippen LogP contribution is -2.50. The van der Waals surface area contributed by atoms with Crippen LogP contribution in [-0.2, 0) is 4.79 Å². The fourth-order valence-electron chi connectivity index (χ4n) is 3.88. The summed E-state index contributed by atoms with van der Waals surface area (Å²) in [4.78, 5) is 28.4. The fourth-order valence-corrected chi connectivity index (χ4v) is 3.88. The first-order chi connectivity index (χ1) is 12.6. The Morgan fingerprint density at radius 3 is 2.62 bits per heavy atom. The molecular weight excluding hydrogens is 332 g/mol. The third kappa shape index (κ3) is 5.30. The molecule has 144 valence electrons. The van der Waals surface area contributed by atoms with E-state index in [-0.39, 0.29) is 11.8 Å². The molecule has 1 aromatic heterocycles. The van der Waals surface area contributed by atoms with Crippen molar-refractivity contribution in [3.8, 4) is 0 Å². The van der Waals surface area contributed by atoms with Crippen LogP contribution in [0.15, 0.2) is 10.6 Å². The normalized spacial score (nSPS) is 19.0. The van der Waals surface area contributed by atoms with E-state index in [4.69, 9.17) is 4.52 Å². The van der Waals surface area contributed by atoms with E-state index in [0.717, 1.165) is 32.0 Å². The Morgan fingerprint density at radius 1 is 1.23 bits per heavy atom. The van der Waals surface area contributed by atoms with Crippen molar-refractivity contribution in [3.63, 3.8) is 0 Å². The fraction of sp³-hybridized carbons (Fsp3) is 0.737. The van der Waals surface area contributed by atoms with Crippen molar-refractivity contribution in [3.05, 3.63) is 17.5 Å². The zero-order valence-corrected chi connectivity index (χ0v) is 15.7. The van der Waals surface area contributed by atoms with Gasteiger partial charge in [0.1, 0.15) is 5.76 Å². The van der Waals surface area contributed by atoms with Crippen molar-refractivity contribution in [1.29, 1.82) is 0 Å². The maximum Gasteiger partial charge on any atom is 0.276 e. The van der Waals surface area contributed by atoms with E-state index in [1.54, 1.807) is 13.0 Å². The third-order valence-electron chi connectivity index (χ3n) is 5.51. The van der Waals surface area contributed by atoms with Crippen LogP contribution in [0.4, 0.5) is 0 Å². The van der Waals surface area contributed by atoms with Gasteiger partial charge in [0.25, 0.3) is 5.91 Å². The molecule has 2 heterocycles. The van der Waals surface area contributed by atoms with Crippen LogP contribution in [0, 0.1) is 12.8 Å². The average Bonchev–Trinajstić information content (AvgIpc) is 3.31. The predicted molar refractivity (Wildman–Crippen MR) is 97.8 cm³/mol. The Morgan fingerprint density at radius 2 is 1.96 bits per heavy atom. The Hall–Kier alpha value is -1.89. The molecule has 2 fully saturated rings. The summed E-state index contributed by atoms with van der Waals surface area (Å²) in [6.07, 6.45) is 6.95. The highest BCUT2D eigenvalue weighted by atomic mass is 16.5. The van der Waals surface area contributed by atoms with Gasteiger partial charge in [0.2, 0.25) is 5.91 Å². The molecule has 3 rings (SSSR count). The number of amides is 2. The van der Waals surface area contributed by atoms with Gasteiger partial charge in [0.15, 0.2) is 5.69 Å². The molecule has 0 radical (unpaired) electrons. The largest absolute Gasteiger partial charge is 0.361 e. The number of hydrogen-bond donors (Lipinski definition) is 1. The lowest BCUT2D eigenvalue weighted by Gasteiger charge is -2.34. The molecule has 7 heteroatoms. The number of aromatic nitrogens is 1. The van der Waals surface area contributed by atoms with Gasteiger partial charge in [-0.05, 0) is 19.3 Å². The summed E-state index contributed by atoms with van der Waals surface area (Å²) in [6, 6.07) is 1.68. The van der Waals surface area contributed by atoms with Crippen LogP contribution < -0.4 is 5.32 Å². The Labute approximate surface area is 155 Å². The van der Waals surface area contributed by atoms with Gasteiger partial charge < -0.3 is 14.7 Å². The van der Waals surface area contributed by atoms with E-state index < -0.39 is 0 Å². The Bertz CT molecular complexity index is 602. The molecule has 2 aliphatic rings. The quantitative estimate of drug-likeness (QED) is 0.800. The van der Waals surface area contributed by atoms with E-state index in [2.05, 4.69) is 15.4 Å². The summed E-state index contributed by atoms with van der Waals surface area (Å²) in [7, 11) is 0. The number of carbonyl (C=O) groups excluding carboxylic acids is 2. The van der Waals surface area contributed by atoms with Gasteiger partial charge in [-0.1, -0.05) is 30.8 Å². The molecule has 26 heavy (non-hydrogen) atoms. The van der Waals surface area contributed by atoms with Crippen LogP contribution in [0.25, 0.3) is 0 Å². The molecule has 0 atom stereocenters. The van der Waals surface area contributed by atoms with Gasteiger partial charge in [0.05, 0.1) is 0 Å². The number of nitrogens with one attached hydrogen (secondary N) is 1. The predicted octanol–water partition coefficient (Wildman–Crippen LogP) is 1.83. The molecule has 1 saturated heterocycles. The average molecular weight is 362 g/mol. The maximum absolute atomic E-state index is 12.3. The van der Waals surface area contributed by atoms with Crippen molar-refractivity contribution in [2.24, 2.45) is 5.92 Å². The maximum atomic E-state index is 12.3. The standard InChI is InChI=1S/C19H30N4O3/c1-15-14-17(21-26-15)19(25)23-12-10-22(11-13-23)9-8-20-18(24)7-6-16-4-2-3-5-16/h14,16H,2-13H2,1H3,(H,20,24). The molecule has 1 aliphatic heterocycles. The summed E-state index contributed by atoms with van der Waals surface area (Å²) in [5.74, 6) is 1.52. The molecule has 2 amide bonds. The van der Waals surface area contributed by atoms with Gasteiger partial charge in [-0.2, -0.15) is 0 Å². The minimum absolute atomic E-state index is 0.0679. The number of aryl methyl sites for hydroxylation is 1. The van der Waals surface area contributed by atoms with E-state index >= 15 is 0 Å². The summed E-state index contributed by atoms with van der Waals surface area (Å²) < 4.78 is 4.98. The molecule has 0 bridgehead atoms. The highest BCUT2D eigenvalue weighted by Gasteiger charge is 2.24. The molecule has 0 spiro atoms. The van der Waals surface area contributed by atoms with Crippen molar-refractivity contribution >= 4 is 11.8 Å². The van der Waals surface area contributed by atoms with Gasteiger partial charge >= 0.3 is 0 Å². The van der Waals surface area contributed by atoms with Crippen LogP contribution >= 0.6 is 0 Å². The van der Waals surface area contributed by atoms with Crippen LogP contribution in [0.2, 0.25) is 0 Å². The van der Waals surface area contributed by atoms with Crippen molar-refractivity contribution in [1.82, 2.24) is 20.3 Å². The van der Waals surface area contributed by atoms with E-state index in [0.29, 0.717) is 37.5 Å². The molecule has 1 aliphatic carbocycles. The zero-order chi connectivity index (χ0) is 18.4. The lowest BCUT2D eigenvalue weighted by atomic mass is 10.0. The second-order valence-corrected chi connectivity index (χ2v) is 7.50. The first-order valence-electron chi connectivity index (χ1n) is 9.83. The number of nitrogens with zero attached hydrogens (tertiary/aromatic N) is 3. The molecule has 1 aromatic rings. The van der Waals surface area contributed by atoms with Crippen LogP contribution in [-0.4, -0.2) is 66.0 Å². The molecule has 0 aromatic carbocycles. The number of piperazine rings is 1. The van der Waals surface area contributed by atoms with Gasteiger partial charge in [-0.15, -0.1) is 0 Å². The van der Waals surface area contributed by atoms with Crippen LogP contribution in [0.5, 0.6) is 0 Å². The van der Waals surface area contributed by atoms with Crippen LogP contribution in [0.1, 0.15) is 54.8 Å². The SMILES string of the molecule is Cc1cc(C(=O)N2CCN(CCNC(=O)CCC3CCCC3)CC2)no1. The van der Waals surface area contributed by atoms with Gasteiger partial charge in [-0.25, -0.2) is 0 Å². The smallest absolute Gasteiger partial charge is 0.276 e. The minimum Gasteiger partial charge on any atom is -0.361 e. The molecule has 0 unspecified atom stereocenters. The van der Waals surface area contributed by atoms with Gasteiger partial charge in [0, 0.05) is 51.8 Å². The number of carbonyl (C=O) groups is 2. The second kappa shape index (κ2) is 9.16. The summed E-state index contributed by atoms with van der Waals surface area (Å²) in [5.41, 5.74) is 0.380. The number of hydrogen-bond acceptors (Lipinski definition) is 5. The monoisotopic (exact) mass is 362 g/mol. The van der Waals surface area contributed by atoms with E-state index in [1.807, 2.05) is 4.90 Å². The Kier molecular flexibility index (Phi) is 6.66. The molecule has 1 saturated carbocycles. The highest BCUT2D eigenvalue weighted by molar-refractivity contribution is 5.92. The first kappa shape index (κ1) is 18.9. The van der Waals surface area contributed by atoms with Crippen LogP contribution in [0.3, 0.4) is 0 Å². The third-order valence-corrected chi connectivity index (χ3v) is 5.51. The summed E-state index contributed by atoms with van der Waals surface area (Å²) in [6.45, 7) is 6.30. The zero-order valence-electron chi connectivity index (χ0n) is 15.7. The minimum atomic E-state index is -0.0679. The second-order valence-electron chi connectivity index (χ2n) is 7.50. The van der Waals surface area contributed by atoms with E-state index in [1.165, 1.54) is 25.7 Å². The van der Waals surface area contributed by atoms with Crippen molar-refractivity contribution in [2.45, 2.75) is 45.4 Å².